The zero-order valence-corrected chi connectivity index (χ0v) is 22.7. The van der Waals surface area contributed by atoms with Crippen LogP contribution < -0.4 is 10.6 Å². The van der Waals surface area contributed by atoms with Gasteiger partial charge in [0.1, 0.15) is 11.5 Å². The quantitative estimate of drug-likeness (QED) is 0.404. The van der Waals surface area contributed by atoms with Crippen LogP contribution in [-0.2, 0) is 6.18 Å². The summed E-state index contributed by atoms with van der Waals surface area (Å²) in [5.74, 6) is -5.01. The maximum Gasteiger partial charge on any atom is 0.417 e. The smallest absolute Gasteiger partial charge is 0.389 e. The van der Waals surface area contributed by atoms with Gasteiger partial charge in [0.05, 0.1) is 22.6 Å². The van der Waals surface area contributed by atoms with Crippen molar-refractivity contribution >= 4 is 29.0 Å². The third kappa shape index (κ3) is 6.48. The lowest BCUT2D eigenvalue weighted by molar-refractivity contribution is -0.137. The van der Waals surface area contributed by atoms with E-state index in [2.05, 4.69) is 20.6 Å². The van der Waals surface area contributed by atoms with E-state index in [-0.39, 0.29) is 27.8 Å². The monoisotopic (exact) mass is 575 g/mol. The van der Waals surface area contributed by atoms with Crippen molar-refractivity contribution in [1.82, 2.24) is 20.2 Å². The van der Waals surface area contributed by atoms with Crippen molar-refractivity contribution in [2.24, 2.45) is 0 Å². The Morgan fingerprint density at radius 2 is 1.92 bits per heavy atom. The number of nitrogens with one attached hydrogen (secondary N) is 2. The Labute approximate surface area is 226 Å². The van der Waals surface area contributed by atoms with Crippen LogP contribution >= 0.6 is 11.3 Å². The van der Waals surface area contributed by atoms with Gasteiger partial charge in [0.25, 0.3) is 17.7 Å². The van der Waals surface area contributed by atoms with E-state index in [1.54, 1.807) is 0 Å². The number of rotatable bonds is 7. The van der Waals surface area contributed by atoms with Crippen LogP contribution in [0.15, 0.2) is 12.3 Å². The fourth-order valence-electron chi connectivity index (χ4n) is 4.62. The first-order valence-corrected chi connectivity index (χ1v) is 13.3. The maximum atomic E-state index is 14.3. The standard InChI is InChI=1S/C25H30F5N5O3S/c1-13-9-24(26,27)12-35(13)21(37)17-18(39-20(33-17)19(36)32-11-22(2,3)38)14-10-31-16(8-15(14)25(28,29)30)34-23(4)6-5-7-23/h8,10,13,38H,5-7,9,11-12H2,1-4H3,(H,31,34)(H,32,36)/t13-/m0/s1. The first kappa shape index (κ1) is 29.1. The van der Waals surface area contributed by atoms with Gasteiger partial charge in [-0.3, -0.25) is 9.59 Å². The van der Waals surface area contributed by atoms with E-state index in [0.717, 1.165) is 36.4 Å². The summed E-state index contributed by atoms with van der Waals surface area (Å²) in [4.78, 5) is 34.9. The highest BCUT2D eigenvalue weighted by Crippen LogP contribution is 2.43. The molecular weight excluding hydrogens is 545 g/mol. The lowest BCUT2D eigenvalue weighted by Crippen LogP contribution is -2.41. The van der Waals surface area contributed by atoms with E-state index in [9.17, 15) is 36.6 Å². The molecule has 0 spiro atoms. The molecule has 3 heterocycles. The van der Waals surface area contributed by atoms with Crippen molar-refractivity contribution in [3.8, 4) is 10.4 Å². The molecule has 0 radical (unpaired) electrons. The van der Waals surface area contributed by atoms with Gasteiger partial charge in [0, 0.05) is 36.3 Å². The van der Waals surface area contributed by atoms with Crippen LogP contribution in [0.2, 0.25) is 0 Å². The molecule has 2 aliphatic rings. The molecule has 2 aromatic rings. The number of aliphatic hydroxyl groups is 1. The fraction of sp³-hybridized carbons (Fsp3) is 0.600. The lowest BCUT2D eigenvalue weighted by Gasteiger charge is -2.39. The second-order valence-corrected chi connectivity index (χ2v) is 12.2. The normalized spacial score (nSPS) is 20.5. The molecule has 1 atom stereocenters. The summed E-state index contributed by atoms with van der Waals surface area (Å²) in [5, 5.41) is 15.0. The van der Waals surface area contributed by atoms with Gasteiger partial charge in [-0.05, 0) is 53.0 Å². The van der Waals surface area contributed by atoms with Gasteiger partial charge in [-0.25, -0.2) is 18.7 Å². The van der Waals surface area contributed by atoms with Crippen molar-refractivity contribution in [3.05, 3.63) is 28.5 Å². The van der Waals surface area contributed by atoms with Gasteiger partial charge in [-0.1, -0.05) is 0 Å². The number of hydrogen-bond acceptors (Lipinski definition) is 7. The van der Waals surface area contributed by atoms with E-state index in [4.69, 9.17) is 0 Å². The summed E-state index contributed by atoms with van der Waals surface area (Å²) in [6.07, 6.45) is -2.03. The van der Waals surface area contributed by atoms with Crippen LogP contribution in [0.5, 0.6) is 0 Å². The molecule has 4 rings (SSSR count). The maximum absolute atomic E-state index is 14.3. The second kappa shape index (κ2) is 9.95. The lowest BCUT2D eigenvalue weighted by atomic mass is 9.78. The van der Waals surface area contributed by atoms with Crippen molar-refractivity contribution in [2.45, 2.75) is 82.7 Å². The molecule has 0 aromatic carbocycles. The number of carbonyl (C=O) groups is 2. The molecule has 2 amide bonds. The van der Waals surface area contributed by atoms with Crippen LogP contribution in [0.4, 0.5) is 27.8 Å². The average molecular weight is 576 g/mol. The summed E-state index contributed by atoms with van der Waals surface area (Å²) in [6, 6.07) is -0.0578. The summed E-state index contributed by atoms with van der Waals surface area (Å²) in [5.41, 5.74) is -3.82. The Kier molecular flexibility index (Phi) is 7.43. The van der Waals surface area contributed by atoms with Gasteiger partial charge < -0.3 is 20.6 Å². The Bertz CT molecular complexity index is 1270. The van der Waals surface area contributed by atoms with E-state index in [1.807, 2.05) is 6.92 Å². The van der Waals surface area contributed by atoms with Crippen molar-refractivity contribution in [2.75, 3.05) is 18.4 Å². The first-order valence-electron chi connectivity index (χ1n) is 12.4. The zero-order valence-electron chi connectivity index (χ0n) is 21.9. The molecule has 0 bridgehead atoms. The molecule has 1 aliphatic heterocycles. The Morgan fingerprint density at radius 3 is 2.44 bits per heavy atom. The summed E-state index contributed by atoms with van der Waals surface area (Å²) >= 11 is 0.524. The summed E-state index contributed by atoms with van der Waals surface area (Å²) < 4.78 is 71.0. The summed E-state index contributed by atoms with van der Waals surface area (Å²) in [7, 11) is 0. The highest BCUT2D eigenvalue weighted by molar-refractivity contribution is 7.17. The van der Waals surface area contributed by atoms with Crippen LogP contribution in [-0.4, -0.2) is 68.0 Å². The zero-order chi connectivity index (χ0) is 29.0. The number of aromatic nitrogens is 2. The molecule has 2 fully saturated rings. The SMILES string of the molecule is C[C@H]1CC(F)(F)CN1C(=O)c1nc(C(=O)NCC(C)(C)O)sc1-c1cnc(NC2(C)CCC2)cc1C(F)(F)F. The number of alkyl halides is 5. The molecule has 1 saturated heterocycles. The second-order valence-electron chi connectivity index (χ2n) is 11.2. The predicted octanol–water partition coefficient (Wildman–Crippen LogP) is 4.95. The number of anilines is 1. The molecule has 1 aliphatic carbocycles. The van der Waals surface area contributed by atoms with Gasteiger partial charge >= 0.3 is 6.18 Å². The van der Waals surface area contributed by atoms with Gasteiger partial charge in [-0.15, -0.1) is 11.3 Å². The number of nitrogens with zero attached hydrogens (tertiary/aromatic N) is 3. The van der Waals surface area contributed by atoms with Gasteiger partial charge in [0.15, 0.2) is 5.01 Å². The molecule has 8 nitrogen and oxygen atoms in total. The molecule has 2 aromatic heterocycles. The third-order valence-electron chi connectivity index (χ3n) is 6.84. The number of carbonyl (C=O) groups excluding carboxylic acids is 2. The van der Waals surface area contributed by atoms with Crippen LogP contribution in [0.25, 0.3) is 10.4 Å². The Hall–Kier alpha value is -2.87. The molecular formula is C25H30F5N5O3S. The van der Waals surface area contributed by atoms with Gasteiger partial charge in [-0.2, -0.15) is 13.2 Å². The molecule has 14 heteroatoms. The number of thiazole rings is 1. The molecule has 214 valence electrons. The summed E-state index contributed by atoms with van der Waals surface area (Å²) in [6.45, 7) is 5.04. The van der Waals surface area contributed by atoms with E-state index in [1.165, 1.54) is 20.8 Å². The fourth-order valence-corrected chi connectivity index (χ4v) is 5.61. The predicted molar refractivity (Wildman–Crippen MR) is 135 cm³/mol. The highest BCUT2D eigenvalue weighted by Gasteiger charge is 2.47. The number of hydrogen-bond donors (Lipinski definition) is 3. The molecule has 0 unspecified atom stereocenters. The van der Waals surface area contributed by atoms with E-state index in [0.29, 0.717) is 11.3 Å². The van der Waals surface area contributed by atoms with Crippen LogP contribution in [0.1, 0.15) is 79.2 Å². The van der Waals surface area contributed by atoms with Crippen molar-refractivity contribution < 1.29 is 36.6 Å². The minimum atomic E-state index is -4.86. The topological polar surface area (TPSA) is 107 Å². The Balaban J connectivity index is 1.79. The van der Waals surface area contributed by atoms with E-state index >= 15 is 0 Å². The van der Waals surface area contributed by atoms with Crippen molar-refractivity contribution in [1.29, 1.82) is 0 Å². The third-order valence-corrected chi connectivity index (χ3v) is 7.92. The highest BCUT2D eigenvalue weighted by atomic mass is 32.1. The first-order chi connectivity index (χ1) is 17.9. The van der Waals surface area contributed by atoms with Crippen LogP contribution in [0, 0.1) is 0 Å². The number of halogens is 5. The molecule has 3 N–H and O–H groups in total. The number of likely N-dealkylation sites (tertiary alicyclic amines) is 1. The largest absolute Gasteiger partial charge is 0.417 e. The average Bonchev–Trinajstić information content (AvgIpc) is 3.35. The number of amides is 2. The minimum absolute atomic E-state index is 0.00150. The Morgan fingerprint density at radius 1 is 1.26 bits per heavy atom. The number of pyridine rings is 1. The molecule has 1 saturated carbocycles. The molecule has 39 heavy (non-hydrogen) atoms. The minimum Gasteiger partial charge on any atom is -0.389 e. The van der Waals surface area contributed by atoms with Crippen LogP contribution in [0.3, 0.4) is 0 Å². The van der Waals surface area contributed by atoms with Gasteiger partial charge in [0.2, 0.25) is 0 Å². The van der Waals surface area contributed by atoms with Crippen molar-refractivity contribution in [3.63, 3.8) is 0 Å². The van der Waals surface area contributed by atoms with E-state index < -0.39 is 65.3 Å².